The first-order chi connectivity index (χ1) is 15.1. The summed E-state index contributed by atoms with van der Waals surface area (Å²) in [5.41, 5.74) is 4.45. The van der Waals surface area contributed by atoms with Crippen molar-refractivity contribution in [1.82, 2.24) is 15.3 Å². The molecule has 0 bridgehead atoms. The summed E-state index contributed by atoms with van der Waals surface area (Å²) >= 11 is 0. The fourth-order valence-electron chi connectivity index (χ4n) is 4.10. The van der Waals surface area contributed by atoms with Crippen LogP contribution in [0.3, 0.4) is 0 Å². The molecule has 31 heavy (non-hydrogen) atoms. The van der Waals surface area contributed by atoms with Crippen LogP contribution in [0.1, 0.15) is 67.2 Å². The molecule has 2 aromatic carbocycles. The average molecular weight is 419 g/mol. The van der Waals surface area contributed by atoms with Crippen LogP contribution in [0, 0.1) is 0 Å². The summed E-state index contributed by atoms with van der Waals surface area (Å²) in [4.78, 5) is 32.1. The van der Waals surface area contributed by atoms with Crippen molar-refractivity contribution in [3.8, 4) is 0 Å². The second-order valence-corrected chi connectivity index (χ2v) is 8.32. The smallest absolute Gasteiger partial charge is 0.251 e. The van der Waals surface area contributed by atoms with E-state index in [0.717, 1.165) is 48.2 Å². The number of carbonyl (C=O) groups is 2. The highest BCUT2D eigenvalue weighted by Gasteiger charge is 2.17. The fourth-order valence-corrected chi connectivity index (χ4v) is 4.10. The molecule has 0 atom stereocenters. The molecule has 1 aromatic heterocycles. The second kappa shape index (κ2) is 9.77. The highest BCUT2D eigenvalue weighted by molar-refractivity contribution is 5.97. The molecule has 0 radical (unpaired) electrons. The van der Waals surface area contributed by atoms with E-state index in [1.54, 1.807) is 0 Å². The van der Waals surface area contributed by atoms with Crippen LogP contribution in [-0.2, 0) is 17.6 Å². The number of rotatable bonds is 7. The highest BCUT2D eigenvalue weighted by atomic mass is 16.2. The third kappa shape index (κ3) is 5.51. The number of fused-ring (bicyclic) bond motifs is 1. The number of nitrogens with zero attached hydrogens (tertiary/aromatic N) is 1. The number of anilines is 1. The zero-order valence-corrected chi connectivity index (χ0v) is 18.0. The molecule has 1 fully saturated rings. The van der Waals surface area contributed by atoms with Gasteiger partial charge in [-0.3, -0.25) is 9.59 Å². The van der Waals surface area contributed by atoms with Gasteiger partial charge in [0.2, 0.25) is 5.91 Å². The van der Waals surface area contributed by atoms with E-state index in [1.807, 2.05) is 49.4 Å². The van der Waals surface area contributed by atoms with E-state index in [2.05, 4.69) is 20.6 Å². The number of aromatic amines is 1. The van der Waals surface area contributed by atoms with Gasteiger partial charge in [0.15, 0.2) is 0 Å². The lowest BCUT2D eigenvalue weighted by atomic mass is 9.95. The van der Waals surface area contributed by atoms with Gasteiger partial charge in [-0.1, -0.05) is 38.3 Å². The normalized spacial score (nSPS) is 14.5. The number of imidazole rings is 1. The van der Waals surface area contributed by atoms with Gasteiger partial charge in [-0.2, -0.15) is 0 Å². The monoisotopic (exact) mass is 418 g/mol. The lowest BCUT2D eigenvalue weighted by Crippen LogP contribution is -2.36. The number of hydrogen-bond acceptors (Lipinski definition) is 3. The number of amides is 2. The number of aryl methyl sites for hydroxylation is 2. The zero-order chi connectivity index (χ0) is 21.6. The fraction of sp³-hybridized carbons (Fsp3) is 0.400. The third-order valence-electron chi connectivity index (χ3n) is 5.94. The molecule has 6 nitrogen and oxygen atoms in total. The molecule has 1 heterocycles. The van der Waals surface area contributed by atoms with Gasteiger partial charge in [0.05, 0.1) is 11.0 Å². The first-order valence-corrected chi connectivity index (χ1v) is 11.3. The minimum atomic E-state index is 0.000189. The van der Waals surface area contributed by atoms with E-state index in [9.17, 15) is 9.59 Å². The Morgan fingerprint density at radius 3 is 2.55 bits per heavy atom. The van der Waals surface area contributed by atoms with Gasteiger partial charge >= 0.3 is 0 Å². The number of nitrogens with one attached hydrogen (secondary N) is 3. The topological polar surface area (TPSA) is 86.9 Å². The lowest BCUT2D eigenvalue weighted by molar-refractivity contribution is -0.115. The van der Waals surface area contributed by atoms with Gasteiger partial charge in [-0.15, -0.1) is 0 Å². The molecule has 3 N–H and O–H groups in total. The molecule has 162 valence electrons. The summed E-state index contributed by atoms with van der Waals surface area (Å²) < 4.78 is 0. The molecule has 0 unspecified atom stereocenters. The maximum Gasteiger partial charge on any atom is 0.251 e. The van der Waals surface area contributed by atoms with Gasteiger partial charge in [-0.25, -0.2) is 4.98 Å². The van der Waals surface area contributed by atoms with Crippen molar-refractivity contribution in [2.45, 2.75) is 64.3 Å². The molecule has 1 aliphatic carbocycles. The predicted molar refractivity (Wildman–Crippen MR) is 123 cm³/mol. The minimum absolute atomic E-state index is 0.000189. The maximum atomic E-state index is 12.6. The van der Waals surface area contributed by atoms with E-state index >= 15 is 0 Å². The summed E-state index contributed by atoms with van der Waals surface area (Å²) in [6.45, 7) is 1.84. The maximum absolute atomic E-state index is 12.6. The Morgan fingerprint density at radius 2 is 1.81 bits per heavy atom. The Labute approximate surface area is 182 Å². The Morgan fingerprint density at radius 1 is 1.03 bits per heavy atom. The van der Waals surface area contributed by atoms with Gasteiger partial charge in [-0.05, 0) is 55.2 Å². The molecular weight excluding hydrogens is 388 g/mol. The summed E-state index contributed by atoms with van der Waals surface area (Å²) in [6.07, 6.45) is 7.92. The number of aromatic nitrogens is 2. The minimum Gasteiger partial charge on any atom is -0.349 e. The molecule has 3 aromatic rings. The SMILES string of the molecule is CCC(=O)Nc1ccc(CCc2nc3ccc(C(=O)NC4CCCCC4)cc3[nH]2)cc1. The Hall–Kier alpha value is -3.15. The van der Waals surface area contributed by atoms with Gasteiger partial charge in [0.25, 0.3) is 5.91 Å². The second-order valence-electron chi connectivity index (χ2n) is 8.32. The van der Waals surface area contributed by atoms with Crippen molar-refractivity contribution in [2.24, 2.45) is 0 Å². The number of benzene rings is 2. The van der Waals surface area contributed by atoms with E-state index in [-0.39, 0.29) is 11.8 Å². The van der Waals surface area contributed by atoms with Crippen molar-refractivity contribution >= 4 is 28.5 Å². The number of hydrogen-bond donors (Lipinski definition) is 3. The van der Waals surface area contributed by atoms with E-state index in [0.29, 0.717) is 18.0 Å². The van der Waals surface area contributed by atoms with Crippen LogP contribution in [0.4, 0.5) is 5.69 Å². The van der Waals surface area contributed by atoms with E-state index < -0.39 is 0 Å². The van der Waals surface area contributed by atoms with Gasteiger partial charge < -0.3 is 15.6 Å². The lowest BCUT2D eigenvalue weighted by Gasteiger charge is -2.22. The van der Waals surface area contributed by atoms with Crippen molar-refractivity contribution < 1.29 is 9.59 Å². The first-order valence-electron chi connectivity index (χ1n) is 11.3. The standard InChI is InChI=1S/C25H30N4O2/c1-2-24(30)26-20-12-8-17(9-13-20)10-15-23-28-21-14-11-18(16-22(21)29-23)25(31)27-19-6-4-3-5-7-19/h8-9,11-14,16,19H,2-7,10,15H2,1H3,(H,26,30)(H,27,31)(H,28,29). The molecule has 4 rings (SSSR count). The molecule has 0 spiro atoms. The Bertz CT molecular complexity index is 1050. The molecule has 0 saturated heterocycles. The van der Waals surface area contributed by atoms with Crippen LogP contribution in [-0.4, -0.2) is 27.8 Å². The van der Waals surface area contributed by atoms with Gasteiger partial charge in [0.1, 0.15) is 5.82 Å². The van der Waals surface area contributed by atoms with Crippen molar-refractivity contribution in [3.05, 3.63) is 59.4 Å². The van der Waals surface area contributed by atoms with Crippen LogP contribution in [0.25, 0.3) is 11.0 Å². The molecule has 1 aliphatic rings. The van der Waals surface area contributed by atoms with Crippen molar-refractivity contribution in [2.75, 3.05) is 5.32 Å². The van der Waals surface area contributed by atoms with Crippen LogP contribution in [0.2, 0.25) is 0 Å². The number of carbonyl (C=O) groups excluding carboxylic acids is 2. The Balaban J connectivity index is 1.36. The summed E-state index contributed by atoms with van der Waals surface area (Å²) in [5, 5.41) is 6.03. The molecule has 1 saturated carbocycles. The molecular formula is C25H30N4O2. The summed E-state index contributed by atoms with van der Waals surface area (Å²) in [7, 11) is 0. The molecule has 2 amide bonds. The van der Waals surface area contributed by atoms with E-state index in [4.69, 9.17) is 0 Å². The van der Waals surface area contributed by atoms with Crippen LogP contribution in [0.15, 0.2) is 42.5 Å². The largest absolute Gasteiger partial charge is 0.349 e. The highest BCUT2D eigenvalue weighted by Crippen LogP contribution is 2.19. The van der Waals surface area contributed by atoms with E-state index in [1.165, 1.54) is 24.8 Å². The zero-order valence-electron chi connectivity index (χ0n) is 18.0. The van der Waals surface area contributed by atoms with Crippen LogP contribution >= 0.6 is 0 Å². The number of H-pyrrole nitrogens is 1. The predicted octanol–water partition coefficient (Wildman–Crippen LogP) is 4.76. The summed E-state index contributed by atoms with van der Waals surface area (Å²) in [5.74, 6) is 0.922. The van der Waals surface area contributed by atoms with Crippen molar-refractivity contribution in [1.29, 1.82) is 0 Å². The molecule has 6 heteroatoms. The molecule has 0 aliphatic heterocycles. The Kier molecular flexibility index (Phi) is 6.65. The average Bonchev–Trinajstić information content (AvgIpc) is 3.21. The first kappa shape index (κ1) is 21.1. The van der Waals surface area contributed by atoms with Gasteiger partial charge in [0, 0.05) is 30.1 Å². The van der Waals surface area contributed by atoms with Crippen LogP contribution in [0.5, 0.6) is 0 Å². The van der Waals surface area contributed by atoms with Crippen molar-refractivity contribution in [3.63, 3.8) is 0 Å². The summed E-state index contributed by atoms with van der Waals surface area (Å²) in [6, 6.07) is 13.9. The third-order valence-corrected chi connectivity index (χ3v) is 5.94. The quantitative estimate of drug-likeness (QED) is 0.517. The van der Waals surface area contributed by atoms with Crippen LogP contribution < -0.4 is 10.6 Å².